The molecule has 2 unspecified atom stereocenters. The van der Waals surface area contributed by atoms with E-state index in [9.17, 15) is 13.2 Å². The van der Waals surface area contributed by atoms with Crippen LogP contribution in [0.3, 0.4) is 0 Å². The maximum atomic E-state index is 11.7. The maximum absolute atomic E-state index is 11.7. The fourth-order valence-electron chi connectivity index (χ4n) is 0.789. The van der Waals surface area contributed by atoms with Crippen LogP contribution in [0.1, 0.15) is 26.7 Å². The zero-order valence-electron chi connectivity index (χ0n) is 7.86. The summed E-state index contributed by atoms with van der Waals surface area (Å²) in [6.07, 6.45) is -5.33. The number of aliphatic hydroxyl groups is 1. The molecule has 13 heavy (non-hydrogen) atoms. The highest BCUT2D eigenvalue weighted by Gasteiger charge is 2.25. The van der Waals surface area contributed by atoms with Crippen LogP contribution >= 0.6 is 0 Å². The Bertz CT molecular complexity index is 136. The lowest BCUT2D eigenvalue weighted by Crippen LogP contribution is -2.36. The first-order chi connectivity index (χ1) is 5.83. The molecule has 0 spiro atoms. The first-order valence-corrected chi connectivity index (χ1v) is 4.31. The Morgan fingerprint density at radius 3 is 2.23 bits per heavy atom. The van der Waals surface area contributed by atoms with Gasteiger partial charge in [-0.2, -0.15) is 13.2 Å². The molecule has 0 aliphatic rings. The molecule has 0 aromatic carbocycles. The van der Waals surface area contributed by atoms with Gasteiger partial charge in [-0.25, -0.2) is 0 Å². The molecule has 0 saturated heterocycles. The van der Waals surface area contributed by atoms with Crippen LogP contribution < -0.4 is 5.32 Å². The molecule has 0 bridgehead atoms. The summed E-state index contributed by atoms with van der Waals surface area (Å²) < 4.78 is 35.0. The first-order valence-electron chi connectivity index (χ1n) is 4.31. The zero-order chi connectivity index (χ0) is 10.5. The fraction of sp³-hybridized carbons (Fsp3) is 1.00. The predicted molar refractivity (Wildman–Crippen MR) is 44.4 cm³/mol. The van der Waals surface area contributed by atoms with Crippen molar-refractivity contribution in [3.8, 4) is 0 Å². The van der Waals surface area contributed by atoms with Crippen LogP contribution in [0, 0.1) is 0 Å². The average molecular weight is 199 g/mol. The molecular weight excluding hydrogens is 183 g/mol. The predicted octanol–water partition coefficient (Wildman–Crippen LogP) is 1.69. The second-order valence-electron chi connectivity index (χ2n) is 3.20. The lowest BCUT2D eigenvalue weighted by molar-refractivity contribution is -0.135. The van der Waals surface area contributed by atoms with Crippen molar-refractivity contribution >= 4 is 0 Å². The quantitative estimate of drug-likeness (QED) is 0.660. The van der Waals surface area contributed by atoms with Crippen LogP contribution in [0.15, 0.2) is 0 Å². The largest absolute Gasteiger partial charge is 0.392 e. The van der Waals surface area contributed by atoms with Crippen LogP contribution in [-0.4, -0.2) is 30.0 Å². The van der Waals surface area contributed by atoms with Gasteiger partial charge in [0.1, 0.15) is 0 Å². The Kier molecular flexibility index (Phi) is 5.32. The summed E-state index contributed by atoms with van der Waals surface area (Å²) in [5.41, 5.74) is 0. The van der Waals surface area contributed by atoms with Crippen molar-refractivity contribution in [3.05, 3.63) is 0 Å². The Morgan fingerprint density at radius 1 is 1.31 bits per heavy atom. The van der Waals surface area contributed by atoms with Crippen LogP contribution in [-0.2, 0) is 0 Å². The molecular formula is C8H16F3NO. The molecule has 2 atom stereocenters. The molecule has 2 N–H and O–H groups in total. The van der Waals surface area contributed by atoms with Crippen LogP contribution in [0.2, 0.25) is 0 Å². The van der Waals surface area contributed by atoms with E-state index in [0.29, 0.717) is 0 Å². The average Bonchev–Trinajstić information content (AvgIpc) is 1.95. The monoisotopic (exact) mass is 199 g/mol. The van der Waals surface area contributed by atoms with E-state index in [0.717, 1.165) is 0 Å². The van der Waals surface area contributed by atoms with Gasteiger partial charge in [-0.1, -0.05) is 0 Å². The standard InChI is InChI=1S/C8H16F3NO/c1-6(7(2)13)12-5-3-4-8(9,10)11/h6-7,12-13H,3-5H2,1-2H3. The van der Waals surface area contributed by atoms with Crippen molar-refractivity contribution in [2.75, 3.05) is 6.54 Å². The second-order valence-corrected chi connectivity index (χ2v) is 3.20. The molecule has 0 rings (SSSR count). The van der Waals surface area contributed by atoms with Crippen LogP contribution in [0.25, 0.3) is 0 Å². The van der Waals surface area contributed by atoms with Crippen molar-refractivity contribution in [3.63, 3.8) is 0 Å². The first kappa shape index (κ1) is 12.7. The van der Waals surface area contributed by atoms with E-state index < -0.39 is 18.7 Å². The van der Waals surface area contributed by atoms with Crippen molar-refractivity contribution in [1.82, 2.24) is 5.32 Å². The third kappa shape index (κ3) is 8.05. The van der Waals surface area contributed by atoms with Crippen LogP contribution in [0.5, 0.6) is 0 Å². The maximum Gasteiger partial charge on any atom is 0.389 e. The summed E-state index contributed by atoms with van der Waals surface area (Å²) in [7, 11) is 0. The number of hydrogen-bond donors (Lipinski definition) is 2. The van der Waals surface area contributed by atoms with Crippen LogP contribution in [0.4, 0.5) is 13.2 Å². The summed E-state index contributed by atoms with van der Waals surface area (Å²) in [5.74, 6) is 0. The summed E-state index contributed by atoms with van der Waals surface area (Å²) in [5, 5.41) is 11.8. The van der Waals surface area contributed by atoms with E-state index in [-0.39, 0.29) is 19.0 Å². The molecule has 0 fully saturated rings. The van der Waals surface area contributed by atoms with Crippen molar-refractivity contribution in [1.29, 1.82) is 0 Å². The van der Waals surface area contributed by atoms with E-state index in [1.54, 1.807) is 13.8 Å². The minimum Gasteiger partial charge on any atom is -0.392 e. The fourth-order valence-corrected chi connectivity index (χ4v) is 0.789. The molecule has 5 heteroatoms. The van der Waals surface area contributed by atoms with Crippen molar-refractivity contribution in [2.45, 2.75) is 45.0 Å². The second kappa shape index (κ2) is 5.44. The normalized spacial score (nSPS) is 17.1. The Hall–Kier alpha value is -0.290. The van der Waals surface area contributed by atoms with Gasteiger partial charge in [0.25, 0.3) is 0 Å². The molecule has 0 amide bonds. The van der Waals surface area contributed by atoms with Gasteiger partial charge in [0.2, 0.25) is 0 Å². The molecule has 0 saturated carbocycles. The summed E-state index contributed by atoms with van der Waals surface area (Å²) in [6.45, 7) is 3.62. The van der Waals surface area contributed by atoms with E-state index in [1.807, 2.05) is 0 Å². The molecule has 0 aliphatic carbocycles. The molecule has 80 valence electrons. The summed E-state index contributed by atoms with van der Waals surface area (Å²) in [6, 6.07) is -0.159. The summed E-state index contributed by atoms with van der Waals surface area (Å²) >= 11 is 0. The number of nitrogens with one attached hydrogen (secondary N) is 1. The zero-order valence-corrected chi connectivity index (χ0v) is 7.86. The number of alkyl halides is 3. The Labute approximate surface area is 76.1 Å². The highest BCUT2D eigenvalue weighted by molar-refractivity contribution is 4.66. The molecule has 0 radical (unpaired) electrons. The van der Waals surface area contributed by atoms with E-state index in [1.165, 1.54) is 0 Å². The number of halogens is 3. The molecule has 0 aromatic heterocycles. The number of aliphatic hydroxyl groups excluding tert-OH is 1. The van der Waals surface area contributed by atoms with E-state index >= 15 is 0 Å². The SMILES string of the molecule is CC(O)C(C)NCCCC(F)(F)F. The molecule has 2 nitrogen and oxygen atoms in total. The smallest absolute Gasteiger partial charge is 0.389 e. The third-order valence-electron chi connectivity index (χ3n) is 1.83. The molecule has 0 aliphatic heterocycles. The lowest BCUT2D eigenvalue weighted by atomic mass is 10.2. The molecule has 0 aromatic rings. The van der Waals surface area contributed by atoms with Gasteiger partial charge in [-0.3, -0.25) is 0 Å². The van der Waals surface area contributed by atoms with Crippen molar-refractivity contribution < 1.29 is 18.3 Å². The highest BCUT2D eigenvalue weighted by atomic mass is 19.4. The third-order valence-corrected chi connectivity index (χ3v) is 1.83. The van der Waals surface area contributed by atoms with Gasteiger partial charge >= 0.3 is 6.18 Å². The minimum absolute atomic E-state index is 0.0561. The highest BCUT2D eigenvalue weighted by Crippen LogP contribution is 2.20. The lowest BCUT2D eigenvalue weighted by Gasteiger charge is -2.16. The summed E-state index contributed by atoms with van der Waals surface area (Å²) in [4.78, 5) is 0. The van der Waals surface area contributed by atoms with Gasteiger partial charge < -0.3 is 10.4 Å². The minimum atomic E-state index is -4.07. The van der Waals surface area contributed by atoms with E-state index in [2.05, 4.69) is 5.32 Å². The number of rotatable bonds is 5. The van der Waals surface area contributed by atoms with Gasteiger partial charge in [0.05, 0.1) is 6.10 Å². The number of hydrogen-bond acceptors (Lipinski definition) is 2. The topological polar surface area (TPSA) is 32.3 Å². The van der Waals surface area contributed by atoms with Gasteiger partial charge in [0.15, 0.2) is 0 Å². The van der Waals surface area contributed by atoms with E-state index in [4.69, 9.17) is 5.11 Å². The van der Waals surface area contributed by atoms with Gasteiger partial charge in [-0.05, 0) is 26.8 Å². The van der Waals surface area contributed by atoms with Gasteiger partial charge in [0, 0.05) is 12.5 Å². The Morgan fingerprint density at radius 2 is 1.85 bits per heavy atom. The Balaban J connectivity index is 3.36. The van der Waals surface area contributed by atoms with Crippen molar-refractivity contribution in [2.24, 2.45) is 0 Å². The molecule has 0 heterocycles. The van der Waals surface area contributed by atoms with Gasteiger partial charge in [-0.15, -0.1) is 0 Å².